The Labute approximate surface area is 74.4 Å². The lowest BCUT2D eigenvalue weighted by atomic mass is 10.0. The predicted octanol–water partition coefficient (Wildman–Crippen LogP) is 0.647. The summed E-state index contributed by atoms with van der Waals surface area (Å²) < 4.78 is 10.4. The van der Waals surface area contributed by atoms with E-state index in [1.54, 1.807) is 7.11 Å². The van der Waals surface area contributed by atoms with Gasteiger partial charge in [-0.2, -0.15) is 0 Å². The lowest BCUT2D eigenvalue weighted by Gasteiger charge is -2.14. The smallest absolute Gasteiger partial charge is 0.0588 e. The molecule has 1 fully saturated rings. The van der Waals surface area contributed by atoms with E-state index in [2.05, 4.69) is 12.2 Å². The Morgan fingerprint density at radius 1 is 1.58 bits per heavy atom. The molecule has 0 aliphatic carbocycles. The van der Waals surface area contributed by atoms with Crippen molar-refractivity contribution in [3.63, 3.8) is 0 Å². The van der Waals surface area contributed by atoms with Crippen molar-refractivity contribution >= 4 is 0 Å². The van der Waals surface area contributed by atoms with Gasteiger partial charge in [-0.3, -0.25) is 0 Å². The fourth-order valence-corrected chi connectivity index (χ4v) is 1.51. The number of hydrogen-bond acceptors (Lipinski definition) is 3. The van der Waals surface area contributed by atoms with Crippen molar-refractivity contribution in [1.29, 1.82) is 0 Å². The van der Waals surface area contributed by atoms with Crippen LogP contribution in [-0.2, 0) is 9.47 Å². The van der Waals surface area contributed by atoms with Gasteiger partial charge in [0.1, 0.15) is 0 Å². The van der Waals surface area contributed by atoms with Gasteiger partial charge in [-0.15, -0.1) is 0 Å². The number of ether oxygens (including phenoxy) is 2. The van der Waals surface area contributed by atoms with E-state index < -0.39 is 0 Å². The zero-order chi connectivity index (χ0) is 8.81. The molecule has 2 unspecified atom stereocenters. The highest BCUT2D eigenvalue weighted by Crippen LogP contribution is 2.18. The molecule has 3 heteroatoms. The lowest BCUT2D eigenvalue weighted by Crippen LogP contribution is -2.29. The highest BCUT2D eigenvalue weighted by atomic mass is 16.5. The molecule has 12 heavy (non-hydrogen) atoms. The normalized spacial score (nSPS) is 29.5. The third-order valence-corrected chi connectivity index (χ3v) is 2.42. The minimum Gasteiger partial charge on any atom is -0.383 e. The summed E-state index contributed by atoms with van der Waals surface area (Å²) in [6.45, 7) is 5.87. The Hall–Kier alpha value is -0.120. The zero-order valence-electron chi connectivity index (χ0n) is 8.01. The summed E-state index contributed by atoms with van der Waals surface area (Å²) in [5, 5.41) is 3.35. The van der Waals surface area contributed by atoms with Gasteiger partial charge in [0, 0.05) is 26.8 Å². The average molecular weight is 173 g/mol. The summed E-state index contributed by atoms with van der Waals surface area (Å²) in [6.07, 6.45) is 1.63. The first-order chi connectivity index (χ1) is 5.84. The van der Waals surface area contributed by atoms with Crippen LogP contribution in [0.15, 0.2) is 0 Å². The minimum absolute atomic E-state index is 0.431. The molecule has 1 heterocycles. The predicted molar refractivity (Wildman–Crippen MR) is 48.3 cm³/mol. The molecule has 0 aromatic rings. The molecule has 0 saturated carbocycles. The second-order valence-corrected chi connectivity index (χ2v) is 3.32. The van der Waals surface area contributed by atoms with Crippen molar-refractivity contribution < 1.29 is 9.47 Å². The van der Waals surface area contributed by atoms with Gasteiger partial charge in [-0.25, -0.2) is 0 Å². The van der Waals surface area contributed by atoms with Gasteiger partial charge >= 0.3 is 0 Å². The first-order valence-corrected chi connectivity index (χ1v) is 4.66. The van der Waals surface area contributed by atoms with Gasteiger partial charge in [-0.05, 0) is 19.3 Å². The van der Waals surface area contributed by atoms with Crippen molar-refractivity contribution in [3.05, 3.63) is 0 Å². The van der Waals surface area contributed by atoms with E-state index in [4.69, 9.17) is 9.47 Å². The van der Waals surface area contributed by atoms with Gasteiger partial charge in [-0.1, -0.05) is 0 Å². The molecule has 2 atom stereocenters. The summed E-state index contributed by atoms with van der Waals surface area (Å²) in [5.74, 6) is 0.696. The van der Waals surface area contributed by atoms with Crippen molar-refractivity contribution in [3.8, 4) is 0 Å². The van der Waals surface area contributed by atoms with Crippen molar-refractivity contribution in [2.75, 3.05) is 33.4 Å². The van der Waals surface area contributed by atoms with E-state index in [0.717, 1.165) is 26.3 Å². The maximum absolute atomic E-state index is 5.45. The molecule has 0 amide bonds. The quantitative estimate of drug-likeness (QED) is 0.619. The van der Waals surface area contributed by atoms with Crippen LogP contribution in [0.5, 0.6) is 0 Å². The Morgan fingerprint density at radius 3 is 3.00 bits per heavy atom. The first-order valence-electron chi connectivity index (χ1n) is 4.66. The van der Waals surface area contributed by atoms with E-state index in [9.17, 15) is 0 Å². The summed E-state index contributed by atoms with van der Waals surface area (Å²) in [7, 11) is 1.73. The Balaban J connectivity index is 1.98. The maximum Gasteiger partial charge on any atom is 0.0588 e. The Kier molecular flexibility index (Phi) is 4.58. The highest BCUT2D eigenvalue weighted by molar-refractivity contribution is 4.74. The van der Waals surface area contributed by atoms with E-state index in [1.807, 2.05) is 0 Å². The van der Waals surface area contributed by atoms with Crippen molar-refractivity contribution in [2.45, 2.75) is 19.4 Å². The monoisotopic (exact) mass is 173 g/mol. The third kappa shape index (κ3) is 3.09. The molecule has 3 nitrogen and oxygen atoms in total. The molecule has 1 aliphatic heterocycles. The van der Waals surface area contributed by atoms with Crippen LogP contribution >= 0.6 is 0 Å². The molecule has 72 valence electrons. The van der Waals surface area contributed by atoms with Crippen LogP contribution < -0.4 is 5.32 Å². The molecule has 0 bridgehead atoms. The van der Waals surface area contributed by atoms with E-state index in [-0.39, 0.29) is 0 Å². The van der Waals surface area contributed by atoms with Crippen LogP contribution in [0.4, 0.5) is 0 Å². The van der Waals surface area contributed by atoms with E-state index >= 15 is 0 Å². The zero-order valence-corrected chi connectivity index (χ0v) is 8.01. The molecule has 0 spiro atoms. The van der Waals surface area contributed by atoms with Gasteiger partial charge in [0.2, 0.25) is 0 Å². The number of nitrogens with one attached hydrogen (secondary N) is 1. The second-order valence-electron chi connectivity index (χ2n) is 3.32. The van der Waals surface area contributed by atoms with Crippen molar-refractivity contribution in [1.82, 2.24) is 5.32 Å². The fraction of sp³-hybridized carbons (Fsp3) is 1.00. The Morgan fingerprint density at radius 2 is 2.42 bits per heavy atom. The van der Waals surface area contributed by atoms with Crippen molar-refractivity contribution in [2.24, 2.45) is 5.92 Å². The first kappa shape index (κ1) is 9.96. The average Bonchev–Trinajstić information content (AvgIpc) is 2.46. The largest absolute Gasteiger partial charge is 0.383 e. The van der Waals surface area contributed by atoms with Gasteiger partial charge < -0.3 is 14.8 Å². The number of rotatable bonds is 5. The molecule has 0 aromatic carbocycles. The van der Waals surface area contributed by atoms with Gasteiger partial charge in [0.25, 0.3) is 0 Å². The standard InChI is InChI=1S/C9H19NO2/c1-8-9(3-5-12-8)7-10-4-6-11-2/h8-10H,3-7H2,1-2H3. The van der Waals surface area contributed by atoms with Gasteiger partial charge in [0.15, 0.2) is 0 Å². The summed E-state index contributed by atoms with van der Waals surface area (Å²) in [4.78, 5) is 0. The molecule has 0 aromatic heterocycles. The molecule has 0 radical (unpaired) electrons. The lowest BCUT2D eigenvalue weighted by molar-refractivity contribution is 0.105. The van der Waals surface area contributed by atoms with Crippen LogP contribution in [0.2, 0.25) is 0 Å². The van der Waals surface area contributed by atoms with Crippen LogP contribution in [0.3, 0.4) is 0 Å². The maximum atomic E-state index is 5.45. The molecular weight excluding hydrogens is 154 g/mol. The third-order valence-electron chi connectivity index (χ3n) is 2.42. The second kappa shape index (κ2) is 5.51. The van der Waals surface area contributed by atoms with E-state index in [1.165, 1.54) is 6.42 Å². The minimum atomic E-state index is 0.431. The highest BCUT2D eigenvalue weighted by Gasteiger charge is 2.23. The Bertz CT molecular complexity index is 119. The SMILES string of the molecule is COCCNCC1CCOC1C. The van der Waals surface area contributed by atoms with Gasteiger partial charge in [0.05, 0.1) is 12.7 Å². The number of hydrogen-bond donors (Lipinski definition) is 1. The summed E-state index contributed by atoms with van der Waals surface area (Å²) in [6, 6.07) is 0. The fourth-order valence-electron chi connectivity index (χ4n) is 1.51. The molecule has 1 rings (SSSR count). The van der Waals surface area contributed by atoms with Crippen LogP contribution in [0, 0.1) is 5.92 Å². The summed E-state index contributed by atoms with van der Waals surface area (Å²) in [5.41, 5.74) is 0. The molecule has 1 saturated heterocycles. The summed E-state index contributed by atoms with van der Waals surface area (Å²) >= 11 is 0. The topological polar surface area (TPSA) is 30.5 Å². The molecule has 1 N–H and O–H groups in total. The molecule has 1 aliphatic rings. The van der Waals surface area contributed by atoms with Crippen LogP contribution in [-0.4, -0.2) is 39.5 Å². The van der Waals surface area contributed by atoms with Crippen LogP contribution in [0.1, 0.15) is 13.3 Å². The van der Waals surface area contributed by atoms with Crippen LogP contribution in [0.25, 0.3) is 0 Å². The molecular formula is C9H19NO2. The van der Waals surface area contributed by atoms with E-state index in [0.29, 0.717) is 12.0 Å². The number of methoxy groups -OCH3 is 1.